The van der Waals surface area contributed by atoms with Gasteiger partial charge < -0.3 is 4.90 Å². The smallest absolute Gasteiger partial charge is 0.354 e. The van der Waals surface area contributed by atoms with Crippen molar-refractivity contribution in [3.05, 3.63) is 65.7 Å². The predicted octanol–water partition coefficient (Wildman–Crippen LogP) is 5.55. The minimum Gasteiger partial charge on any atom is -0.354 e. The molecule has 0 bridgehead atoms. The number of hydrogen-bond donors (Lipinski definition) is 1. The monoisotopic (exact) mass is 446 g/mol. The fourth-order valence-electron chi connectivity index (χ4n) is 3.73. The highest BCUT2D eigenvalue weighted by Gasteiger charge is 2.44. The molecule has 0 radical (unpaired) electrons. The first-order valence-corrected chi connectivity index (χ1v) is 11.3. The first-order chi connectivity index (χ1) is 13.8. The van der Waals surface area contributed by atoms with E-state index in [2.05, 4.69) is 11.3 Å². The molecule has 4 nitrogen and oxygen atoms in total. The Bertz CT molecular complexity index is 966. The van der Waals surface area contributed by atoms with Crippen molar-refractivity contribution in [1.29, 1.82) is 0 Å². The van der Waals surface area contributed by atoms with Crippen LogP contribution in [0.2, 0.25) is 0 Å². The summed E-state index contributed by atoms with van der Waals surface area (Å²) in [7, 11) is -3.69. The number of benzene rings is 1. The zero-order valence-corrected chi connectivity index (χ0v) is 18.1. The Kier molecular flexibility index (Phi) is 7.06. The van der Waals surface area contributed by atoms with Gasteiger partial charge in [0.25, 0.3) is 0 Å². The van der Waals surface area contributed by atoms with Gasteiger partial charge in [0.2, 0.25) is 10.0 Å². The Morgan fingerprint density at radius 1 is 1.23 bits per heavy atom. The van der Waals surface area contributed by atoms with Crippen molar-refractivity contribution in [3.8, 4) is 0 Å². The van der Waals surface area contributed by atoms with Gasteiger partial charge in [-0.25, -0.2) is 12.8 Å². The predicted molar refractivity (Wildman–Crippen MR) is 111 cm³/mol. The van der Waals surface area contributed by atoms with Crippen LogP contribution in [0.5, 0.6) is 0 Å². The lowest BCUT2D eigenvalue weighted by Gasteiger charge is -2.45. The first-order valence-electron chi connectivity index (χ1n) is 9.40. The number of allylic oxidation sites excluding steroid dienone is 4. The van der Waals surface area contributed by atoms with E-state index in [1.807, 2.05) is 13.8 Å². The SMILES string of the molecule is C=CCC1=CC=C(C(F)(F)F)N(C(C)c2ccc(NS(C)(=O)=O)c(F)c2)[C@@H]1C(C)C. The lowest BCUT2D eigenvalue weighted by molar-refractivity contribution is -0.120. The highest BCUT2D eigenvalue weighted by Crippen LogP contribution is 2.43. The fraction of sp³-hybridized carbons (Fsp3) is 0.429. The number of sulfonamides is 1. The summed E-state index contributed by atoms with van der Waals surface area (Å²) in [6.07, 6.45) is 0.898. The van der Waals surface area contributed by atoms with Gasteiger partial charge >= 0.3 is 6.18 Å². The third kappa shape index (κ3) is 5.44. The van der Waals surface area contributed by atoms with Crippen LogP contribution in [0, 0.1) is 11.7 Å². The molecule has 1 N–H and O–H groups in total. The molecule has 1 heterocycles. The molecule has 166 valence electrons. The molecule has 0 saturated carbocycles. The topological polar surface area (TPSA) is 49.4 Å². The van der Waals surface area contributed by atoms with E-state index in [9.17, 15) is 26.0 Å². The molecule has 0 aromatic heterocycles. The molecule has 1 aromatic rings. The van der Waals surface area contributed by atoms with Gasteiger partial charge in [0.05, 0.1) is 24.0 Å². The third-order valence-electron chi connectivity index (χ3n) is 4.90. The minimum atomic E-state index is -4.59. The van der Waals surface area contributed by atoms with Crippen molar-refractivity contribution < 1.29 is 26.0 Å². The van der Waals surface area contributed by atoms with E-state index in [1.165, 1.54) is 23.1 Å². The van der Waals surface area contributed by atoms with Crippen molar-refractivity contribution >= 4 is 15.7 Å². The Balaban J connectivity index is 2.53. The molecule has 9 heteroatoms. The number of rotatable bonds is 7. The van der Waals surface area contributed by atoms with Gasteiger partial charge in [0.1, 0.15) is 11.5 Å². The maximum absolute atomic E-state index is 14.5. The molecule has 0 spiro atoms. The summed E-state index contributed by atoms with van der Waals surface area (Å²) in [5.74, 6) is -1.01. The Labute approximate surface area is 175 Å². The average Bonchev–Trinajstić information content (AvgIpc) is 2.60. The number of alkyl halides is 3. The van der Waals surface area contributed by atoms with Crippen LogP contribution in [0.4, 0.5) is 23.2 Å². The fourth-order valence-corrected chi connectivity index (χ4v) is 4.29. The molecular formula is C21H26F4N2O2S. The van der Waals surface area contributed by atoms with Gasteiger partial charge in [0, 0.05) is 0 Å². The Hall–Kier alpha value is -2.29. The third-order valence-corrected chi connectivity index (χ3v) is 5.49. The van der Waals surface area contributed by atoms with E-state index in [4.69, 9.17) is 0 Å². The number of nitrogens with zero attached hydrogens (tertiary/aromatic N) is 1. The zero-order chi connectivity index (χ0) is 22.9. The van der Waals surface area contributed by atoms with Crippen LogP contribution in [-0.4, -0.2) is 31.8 Å². The van der Waals surface area contributed by atoms with E-state index >= 15 is 0 Å². The lowest BCUT2D eigenvalue weighted by Crippen LogP contribution is -2.46. The van der Waals surface area contributed by atoms with Gasteiger partial charge in [-0.1, -0.05) is 32.1 Å². The number of anilines is 1. The zero-order valence-electron chi connectivity index (χ0n) is 17.3. The van der Waals surface area contributed by atoms with Gasteiger partial charge in [0.15, 0.2) is 0 Å². The minimum absolute atomic E-state index is 0.152. The molecule has 2 rings (SSSR count). The Morgan fingerprint density at radius 2 is 1.87 bits per heavy atom. The first kappa shape index (κ1) is 24.0. The van der Waals surface area contributed by atoms with Crippen LogP contribution in [0.15, 0.2) is 54.3 Å². The lowest BCUT2D eigenvalue weighted by atomic mass is 9.86. The van der Waals surface area contributed by atoms with E-state index < -0.39 is 39.8 Å². The molecule has 1 aromatic carbocycles. The van der Waals surface area contributed by atoms with Crippen LogP contribution in [0.3, 0.4) is 0 Å². The van der Waals surface area contributed by atoms with Crippen LogP contribution in [0.25, 0.3) is 0 Å². The largest absolute Gasteiger partial charge is 0.431 e. The molecule has 1 aliphatic heterocycles. The summed E-state index contributed by atoms with van der Waals surface area (Å²) < 4.78 is 80.8. The second kappa shape index (κ2) is 8.83. The van der Waals surface area contributed by atoms with Gasteiger partial charge in [-0.15, -0.1) is 6.58 Å². The van der Waals surface area contributed by atoms with Crippen molar-refractivity contribution in [1.82, 2.24) is 4.90 Å². The second-order valence-electron chi connectivity index (χ2n) is 7.67. The maximum Gasteiger partial charge on any atom is 0.431 e. The Morgan fingerprint density at radius 3 is 2.33 bits per heavy atom. The van der Waals surface area contributed by atoms with Gasteiger partial charge in [-0.2, -0.15) is 13.2 Å². The summed E-state index contributed by atoms with van der Waals surface area (Å²) in [5.41, 5.74) is 0.0227. The molecule has 30 heavy (non-hydrogen) atoms. The van der Waals surface area contributed by atoms with E-state index in [0.717, 1.165) is 24.0 Å². The quantitative estimate of drug-likeness (QED) is 0.442. The molecule has 0 fully saturated rings. The van der Waals surface area contributed by atoms with E-state index in [-0.39, 0.29) is 11.6 Å². The maximum atomic E-state index is 14.5. The van der Waals surface area contributed by atoms with Gasteiger partial charge in [-0.3, -0.25) is 4.72 Å². The molecule has 0 saturated heterocycles. The molecule has 2 atom stereocenters. The number of halogens is 4. The van der Waals surface area contributed by atoms with E-state index in [0.29, 0.717) is 12.0 Å². The van der Waals surface area contributed by atoms with Crippen molar-refractivity contribution in [2.75, 3.05) is 11.0 Å². The summed E-state index contributed by atoms with van der Waals surface area (Å²) in [5, 5.41) is 0. The molecular weight excluding hydrogens is 420 g/mol. The highest BCUT2D eigenvalue weighted by molar-refractivity contribution is 7.92. The number of nitrogens with one attached hydrogen (secondary N) is 1. The number of hydrogen-bond acceptors (Lipinski definition) is 3. The second-order valence-corrected chi connectivity index (χ2v) is 9.42. The summed E-state index contributed by atoms with van der Waals surface area (Å²) in [4.78, 5) is 1.27. The molecule has 0 aliphatic carbocycles. The molecule has 0 amide bonds. The molecule has 1 aliphatic rings. The molecule has 1 unspecified atom stereocenters. The van der Waals surface area contributed by atoms with Gasteiger partial charge in [-0.05, 0) is 48.6 Å². The van der Waals surface area contributed by atoms with Crippen molar-refractivity contribution in [2.24, 2.45) is 5.92 Å². The van der Waals surface area contributed by atoms with Crippen molar-refractivity contribution in [3.63, 3.8) is 0 Å². The van der Waals surface area contributed by atoms with E-state index in [1.54, 1.807) is 13.0 Å². The van der Waals surface area contributed by atoms with Crippen molar-refractivity contribution in [2.45, 2.75) is 45.5 Å². The van der Waals surface area contributed by atoms with Crippen LogP contribution >= 0.6 is 0 Å². The van der Waals surface area contributed by atoms with Crippen LogP contribution in [0.1, 0.15) is 38.8 Å². The summed E-state index contributed by atoms with van der Waals surface area (Å²) in [6, 6.07) is 2.33. The summed E-state index contributed by atoms with van der Waals surface area (Å²) >= 11 is 0. The normalized spacial score (nSPS) is 18.7. The van der Waals surface area contributed by atoms with Crippen LogP contribution in [-0.2, 0) is 10.0 Å². The standard InChI is InChI=1S/C21H26F4N2O2S/c1-6-7-15-9-11-19(21(23,24)25)27(20(15)13(2)3)14(4)16-8-10-18(17(22)12-16)26-30(5,28)29/h6,8-14,20,26H,1,7H2,2-5H3/t14?,20-/m1/s1. The highest BCUT2D eigenvalue weighted by atomic mass is 32.2. The van der Waals surface area contributed by atoms with Crippen LogP contribution < -0.4 is 4.72 Å². The average molecular weight is 447 g/mol. The summed E-state index contributed by atoms with van der Waals surface area (Å²) in [6.45, 7) is 8.93.